The van der Waals surface area contributed by atoms with Gasteiger partial charge in [0.2, 0.25) is 5.13 Å². The van der Waals surface area contributed by atoms with E-state index in [-0.39, 0.29) is 0 Å². The fourth-order valence-corrected chi connectivity index (χ4v) is 3.28. The molecule has 0 bridgehead atoms. The lowest BCUT2D eigenvalue weighted by Gasteiger charge is -1.96. The fraction of sp³-hybridized carbons (Fsp3) is 0.286. The zero-order chi connectivity index (χ0) is 12.9. The highest BCUT2D eigenvalue weighted by atomic mass is 32.1. The Kier molecular flexibility index (Phi) is 2.48. The van der Waals surface area contributed by atoms with Crippen LogP contribution >= 0.6 is 11.3 Å². The summed E-state index contributed by atoms with van der Waals surface area (Å²) in [6.45, 7) is 8.30. The SMILES string of the molecule is Cc1cc(C)n(-c2nc3c(C)ccc(C)c3s2)n1. The number of aryl methyl sites for hydroxylation is 4. The van der Waals surface area contributed by atoms with Gasteiger partial charge in [-0.05, 0) is 44.9 Å². The van der Waals surface area contributed by atoms with Gasteiger partial charge in [-0.1, -0.05) is 23.5 Å². The van der Waals surface area contributed by atoms with Crippen LogP contribution in [0.15, 0.2) is 18.2 Å². The van der Waals surface area contributed by atoms with Crippen LogP contribution in [0.25, 0.3) is 15.3 Å². The molecule has 0 aliphatic heterocycles. The first-order valence-electron chi connectivity index (χ1n) is 5.96. The molecular formula is C14H15N3S. The van der Waals surface area contributed by atoms with E-state index in [0.29, 0.717) is 0 Å². The summed E-state index contributed by atoms with van der Waals surface area (Å²) in [5.41, 5.74) is 5.75. The number of aromatic nitrogens is 3. The molecule has 18 heavy (non-hydrogen) atoms. The van der Waals surface area contributed by atoms with Crippen LogP contribution in [0, 0.1) is 27.7 Å². The van der Waals surface area contributed by atoms with Crippen molar-refractivity contribution in [3.05, 3.63) is 40.7 Å². The average Bonchev–Trinajstić information content (AvgIpc) is 2.88. The number of benzene rings is 1. The van der Waals surface area contributed by atoms with Crippen LogP contribution in [0.3, 0.4) is 0 Å². The molecule has 1 aromatic carbocycles. The molecule has 0 spiro atoms. The molecule has 0 aliphatic rings. The first kappa shape index (κ1) is 11.4. The maximum absolute atomic E-state index is 4.74. The topological polar surface area (TPSA) is 30.7 Å². The highest BCUT2D eigenvalue weighted by Crippen LogP contribution is 2.30. The normalized spacial score (nSPS) is 11.3. The molecule has 92 valence electrons. The summed E-state index contributed by atoms with van der Waals surface area (Å²) < 4.78 is 3.19. The Morgan fingerprint density at radius 1 is 1.06 bits per heavy atom. The van der Waals surface area contributed by atoms with Crippen molar-refractivity contribution < 1.29 is 0 Å². The standard InChI is InChI=1S/C14H15N3S/c1-8-5-6-9(2)13-12(8)15-14(18-13)17-11(4)7-10(3)16-17/h5-7H,1-4H3. The van der Waals surface area contributed by atoms with Gasteiger partial charge in [-0.25, -0.2) is 9.67 Å². The van der Waals surface area contributed by atoms with Crippen molar-refractivity contribution >= 4 is 21.6 Å². The number of fused-ring (bicyclic) bond motifs is 1. The van der Waals surface area contributed by atoms with Crippen molar-refractivity contribution in [2.45, 2.75) is 27.7 Å². The monoisotopic (exact) mass is 257 g/mol. The lowest BCUT2D eigenvalue weighted by Crippen LogP contribution is -1.97. The van der Waals surface area contributed by atoms with Crippen molar-refractivity contribution in [2.24, 2.45) is 0 Å². The molecule has 0 saturated carbocycles. The maximum atomic E-state index is 4.74. The van der Waals surface area contributed by atoms with Gasteiger partial charge >= 0.3 is 0 Å². The molecule has 3 rings (SSSR count). The minimum atomic E-state index is 0.952. The Morgan fingerprint density at radius 2 is 1.78 bits per heavy atom. The van der Waals surface area contributed by atoms with E-state index in [1.807, 2.05) is 11.6 Å². The molecular weight excluding hydrogens is 242 g/mol. The first-order chi connectivity index (χ1) is 8.56. The summed E-state index contributed by atoms with van der Waals surface area (Å²) in [7, 11) is 0. The predicted octanol–water partition coefficient (Wildman–Crippen LogP) is 3.72. The van der Waals surface area contributed by atoms with Gasteiger partial charge in [0.05, 0.1) is 15.9 Å². The van der Waals surface area contributed by atoms with Crippen LogP contribution in [0.4, 0.5) is 0 Å². The third kappa shape index (κ3) is 1.64. The number of thiazole rings is 1. The average molecular weight is 257 g/mol. The molecule has 2 heterocycles. The van der Waals surface area contributed by atoms with Gasteiger partial charge in [0.25, 0.3) is 0 Å². The zero-order valence-electron chi connectivity index (χ0n) is 11.0. The third-order valence-corrected chi connectivity index (χ3v) is 4.29. The second-order valence-electron chi connectivity index (χ2n) is 4.71. The maximum Gasteiger partial charge on any atom is 0.211 e. The van der Waals surface area contributed by atoms with Gasteiger partial charge in [0, 0.05) is 5.69 Å². The van der Waals surface area contributed by atoms with Gasteiger partial charge in [0.1, 0.15) is 0 Å². The summed E-state index contributed by atoms with van der Waals surface area (Å²) in [5.74, 6) is 0. The molecule has 3 aromatic rings. The van der Waals surface area contributed by atoms with Crippen molar-refractivity contribution in [1.82, 2.24) is 14.8 Å². The van der Waals surface area contributed by atoms with Crippen molar-refractivity contribution in [3.8, 4) is 5.13 Å². The molecule has 0 atom stereocenters. The summed E-state index contributed by atoms with van der Waals surface area (Å²) in [4.78, 5) is 4.74. The van der Waals surface area contributed by atoms with Crippen molar-refractivity contribution in [1.29, 1.82) is 0 Å². The summed E-state index contributed by atoms with van der Waals surface area (Å²) in [6.07, 6.45) is 0. The molecule has 4 heteroatoms. The van der Waals surface area contributed by atoms with Crippen LogP contribution in [0.5, 0.6) is 0 Å². The Labute approximate surface area is 110 Å². The van der Waals surface area contributed by atoms with E-state index in [0.717, 1.165) is 22.0 Å². The highest BCUT2D eigenvalue weighted by Gasteiger charge is 2.12. The molecule has 0 amide bonds. The smallest absolute Gasteiger partial charge is 0.211 e. The Morgan fingerprint density at radius 3 is 2.39 bits per heavy atom. The summed E-state index contributed by atoms with van der Waals surface area (Å²) in [6, 6.07) is 6.36. The summed E-state index contributed by atoms with van der Waals surface area (Å²) >= 11 is 1.71. The highest BCUT2D eigenvalue weighted by molar-refractivity contribution is 7.21. The molecule has 0 aliphatic carbocycles. The number of hydrogen-bond acceptors (Lipinski definition) is 3. The van der Waals surface area contributed by atoms with E-state index in [1.54, 1.807) is 11.3 Å². The predicted molar refractivity (Wildman–Crippen MR) is 75.7 cm³/mol. The fourth-order valence-electron chi connectivity index (χ4n) is 2.16. The first-order valence-corrected chi connectivity index (χ1v) is 6.78. The molecule has 3 nitrogen and oxygen atoms in total. The third-order valence-electron chi connectivity index (χ3n) is 3.12. The van der Waals surface area contributed by atoms with E-state index >= 15 is 0 Å². The van der Waals surface area contributed by atoms with Crippen molar-refractivity contribution in [2.75, 3.05) is 0 Å². The zero-order valence-corrected chi connectivity index (χ0v) is 11.8. The molecule has 0 radical (unpaired) electrons. The van der Waals surface area contributed by atoms with Gasteiger partial charge < -0.3 is 0 Å². The van der Waals surface area contributed by atoms with Gasteiger partial charge in [-0.3, -0.25) is 0 Å². The van der Waals surface area contributed by atoms with Gasteiger partial charge in [-0.2, -0.15) is 5.10 Å². The molecule has 0 saturated heterocycles. The quantitative estimate of drug-likeness (QED) is 0.665. The van der Waals surface area contributed by atoms with Gasteiger partial charge in [-0.15, -0.1) is 0 Å². The number of nitrogens with zero attached hydrogens (tertiary/aromatic N) is 3. The van der Waals surface area contributed by atoms with Crippen LogP contribution in [0.1, 0.15) is 22.5 Å². The summed E-state index contributed by atoms with van der Waals surface area (Å²) in [5, 5.41) is 5.45. The molecule has 0 N–H and O–H groups in total. The lowest BCUT2D eigenvalue weighted by atomic mass is 10.1. The molecule has 0 unspecified atom stereocenters. The number of rotatable bonds is 1. The van der Waals surface area contributed by atoms with Crippen LogP contribution in [0.2, 0.25) is 0 Å². The van der Waals surface area contributed by atoms with E-state index in [1.165, 1.54) is 15.8 Å². The van der Waals surface area contributed by atoms with E-state index in [2.05, 4.69) is 44.1 Å². The minimum Gasteiger partial charge on any atom is -0.218 e. The van der Waals surface area contributed by atoms with Crippen LogP contribution in [-0.4, -0.2) is 14.8 Å². The molecule has 0 fully saturated rings. The van der Waals surface area contributed by atoms with Gasteiger partial charge in [0.15, 0.2) is 0 Å². The number of hydrogen-bond donors (Lipinski definition) is 0. The Balaban J connectivity index is 2.29. The second-order valence-corrected chi connectivity index (χ2v) is 5.69. The van der Waals surface area contributed by atoms with E-state index in [9.17, 15) is 0 Å². The Hall–Kier alpha value is -1.68. The van der Waals surface area contributed by atoms with Crippen LogP contribution in [-0.2, 0) is 0 Å². The second kappa shape index (κ2) is 3.92. The lowest BCUT2D eigenvalue weighted by molar-refractivity contribution is 0.827. The molecule has 2 aromatic heterocycles. The minimum absolute atomic E-state index is 0.952. The van der Waals surface area contributed by atoms with E-state index in [4.69, 9.17) is 4.98 Å². The largest absolute Gasteiger partial charge is 0.218 e. The van der Waals surface area contributed by atoms with E-state index < -0.39 is 0 Å². The van der Waals surface area contributed by atoms with Crippen molar-refractivity contribution in [3.63, 3.8) is 0 Å². The van der Waals surface area contributed by atoms with Crippen LogP contribution < -0.4 is 0 Å². The Bertz CT molecular complexity index is 698.